The molecule has 21 heavy (non-hydrogen) atoms. The van der Waals surface area contributed by atoms with E-state index in [-0.39, 0.29) is 11.3 Å². The Morgan fingerprint density at radius 3 is 2.19 bits per heavy atom. The average molecular weight is 282 g/mol. The number of rotatable bonds is 3. The van der Waals surface area contributed by atoms with Crippen molar-refractivity contribution in [1.29, 1.82) is 0 Å². The van der Waals surface area contributed by atoms with Gasteiger partial charge in [-0.05, 0) is 41.3 Å². The number of hydrogen-bond acceptors (Lipinski definition) is 2. The quantitative estimate of drug-likeness (QED) is 0.882. The van der Waals surface area contributed by atoms with Gasteiger partial charge >= 0.3 is 0 Å². The normalized spacial score (nSPS) is 11.0. The first-order valence-corrected chi connectivity index (χ1v) is 7.10. The van der Waals surface area contributed by atoms with Gasteiger partial charge in [0.05, 0.1) is 0 Å². The molecular formula is C18H22N2O. The van der Waals surface area contributed by atoms with Gasteiger partial charge in [0, 0.05) is 24.0 Å². The molecule has 0 bridgehead atoms. The lowest BCUT2D eigenvalue weighted by Crippen LogP contribution is -2.13. The lowest BCUT2D eigenvalue weighted by molar-refractivity contribution is 0.102. The van der Waals surface area contributed by atoms with Crippen LogP contribution >= 0.6 is 0 Å². The topological polar surface area (TPSA) is 41.1 Å². The molecule has 0 heterocycles. The molecule has 0 aliphatic heterocycles. The van der Waals surface area contributed by atoms with Crippen LogP contribution < -0.4 is 10.6 Å². The molecule has 0 saturated heterocycles. The average Bonchev–Trinajstić information content (AvgIpc) is 2.47. The van der Waals surface area contributed by atoms with Crippen molar-refractivity contribution < 1.29 is 4.79 Å². The lowest BCUT2D eigenvalue weighted by atomic mass is 9.87. The van der Waals surface area contributed by atoms with Crippen LogP contribution in [-0.4, -0.2) is 13.0 Å². The van der Waals surface area contributed by atoms with Crippen molar-refractivity contribution in [1.82, 2.24) is 0 Å². The fourth-order valence-corrected chi connectivity index (χ4v) is 2.07. The van der Waals surface area contributed by atoms with Gasteiger partial charge in [-0.1, -0.05) is 39.0 Å². The zero-order valence-corrected chi connectivity index (χ0v) is 13.0. The van der Waals surface area contributed by atoms with Crippen LogP contribution in [0.2, 0.25) is 0 Å². The number of benzene rings is 2. The van der Waals surface area contributed by atoms with Gasteiger partial charge in [0.2, 0.25) is 0 Å². The van der Waals surface area contributed by atoms with Crippen LogP contribution in [0.5, 0.6) is 0 Å². The van der Waals surface area contributed by atoms with Crippen molar-refractivity contribution in [2.75, 3.05) is 17.7 Å². The minimum absolute atomic E-state index is 0.101. The van der Waals surface area contributed by atoms with Crippen LogP contribution in [0.15, 0.2) is 48.5 Å². The summed E-state index contributed by atoms with van der Waals surface area (Å²) in [7, 11) is 1.84. The van der Waals surface area contributed by atoms with E-state index in [9.17, 15) is 4.79 Å². The third kappa shape index (κ3) is 3.85. The van der Waals surface area contributed by atoms with E-state index in [2.05, 4.69) is 43.5 Å². The zero-order chi connectivity index (χ0) is 15.5. The second kappa shape index (κ2) is 6.00. The molecule has 0 aliphatic carbocycles. The Morgan fingerprint density at radius 1 is 0.952 bits per heavy atom. The molecule has 2 aromatic rings. The summed E-state index contributed by atoms with van der Waals surface area (Å²) in [4.78, 5) is 12.2. The molecule has 1 amide bonds. The van der Waals surface area contributed by atoms with E-state index < -0.39 is 0 Å². The number of hydrogen-bond donors (Lipinski definition) is 2. The predicted octanol–water partition coefficient (Wildman–Crippen LogP) is 4.28. The minimum Gasteiger partial charge on any atom is -0.388 e. The van der Waals surface area contributed by atoms with Gasteiger partial charge in [0.15, 0.2) is 0 Å². The Bertz CT molecular complexity index is 624. The Hall–Kier alpha value is -2.29. The molecular weight excluding hydrogens is 260 g/mol. The van der Waals surface area contributed by atoms with Crippen molar-refractivity contribution >= 4 is 17.3 Å². The maximum atomic E-state index is 12.2. The van der Waals surface area contributed by atoms with Crippen LogP contribution in [-0.2, 0) is 5.41 Å². The summed E-state index contributed by atoms with van der Waals surface area (Å²) in [5.41, 5.74) is 3.73. The van der Waals surface area contributed by atoms with E-state index in [1.54, 1.807) is 6.07 Å². The Kier molecular flexibility index (Phi) is 4.32. The molecule has 2 N–H and O–H groups in total. The SMILES string of the molecule is CNc1cccc(C(=O)Nc2ccc(C(C)(C)C)cc2)c1. The Balaban J connectivity index is 2.12. The fourth-order valence-electron chi connectivity index (χ4n) is 2.07. The molecule has 110 valence electrons. The van der Waals surface area contributed by atoms with Crippen LogP contribution in [0.3, 0.4) is 0 Å². The maximum absolute atomic E-state index is 12.2. The standard InChI is InChI=1S/C18H22N2O/c1-18(2,3)14-8-10-15(11-9-14)20-17(21)13-6-5-7-16(12-13)19-4/h5-12,19H,1-4H3,(H,20,21). The summed E-state index contributed by atoms with van der Waals surface area (Å²) < 4.78 is 0. The molecule has 3 nitrogen and oxygen atoms in total. The van der Waals surface area contributed by atoms with Gasteiger partial charge in [0.25, 0.3) is 5.91 Å². The van der Waals surface area contributed by atoms with Crippen LogP contribution in [0.25, 0.3) is 0 Å². The highest BCUT2D eigenvalue weighted by atomic mass is 16.1. The van der Waals surface area contributed by atoms with Gasteiger partial charge in [-0.15, -0.1) is 0 Å². The second-order valence-corrected chi connectivity index (χ2v) is 6.11. The van der Waals surface area contributed by atoms with E-state index >= 15 is 0 Å². The second-order valence-electron chi connectivity index (χ2n) is 6.11. The lowest BCUT2D eigenvalue weighted by Gasteiger charge is -2.19. The van der Waals surface area contributed by atoms with Crippen LogP contribution in [0.1, 0.15) is 36.7 Å². The fraction of sp³-hybridized carbons (Fsp3) is 0.278. The summed E-state index contributed by atoms with van der Waals surface area (Å²) in [5.74, 6) is -0.101. The highest BCUT2D eigenvalue weighted by Gasteiger charge is 2.13. The van der Waals surface area contributed by atoms with Crippen molar-refractivity contribution in [2.24, 2.45) is 0 Å². The molecule has 2 rings (SSSR count). The van der Waals surface area contributed by atoms with Gasteiger partial charge < -0.3 is 10.6 Å². The number of anilines is 2. The Morgan fingerprint density at radius 2 is 1.62 bits per heavy atom. The summed E-state index contributed by atoms with van der Waals surface area (Å²) in [6.07, 6.45) is 0. The number of amides is 1. The maximum Gasteiger partial charge on any atom is 0.255 e. The van der Waals surface area contributed by atoms with E-state index in [0.717, 1.165) is 11.4 Å². The number of carbonyl (C=O) groups is 1. The van der Waals surface area contributed by atoms with E-state index in [1.807, 2.05) is 37.4 Å². The first-order chi connectivity index (χ1) is 9.90. The van der Waals surface area contributed by atoms with Gasteiger partial charge in [0.1, 0.15) is 0 Å². The molecule has 0 radical (unpaired) electrons. The Labute approximate surface area is 126 Å². The monoisotopic (exact) mass is 282 g/mol. The summed E-state index contributed by atoms with van der Waals surface area (Å²) >= 11 is 0. The number of nitrogens with one attached hydrogen (secondary N) is 2. The molecule has 0 unspecified atom stereocenters. The third-order valence-electron chi connectivity index (χ3n) is 3.42. The van der Waals surface area contributed by atoms with Crippen LogP contribution in [0, 0.1) is 0 Å². The van der Waals surface area contributed by atoms with Crippen LogP contribution in [0.4, 0.5) is 11.4 Å². The smallest absolute Gasteiger partial charge is 0.255 e. The first kappa shape index (κ1) is 15.1. The van der Waals surface area contributed by atoms with Gasteiger partial charge in [-0.2, -0.15) is 0 Å². The summed E-state index contributed by atoms with van der Waals surface area (Å²) in [5, 5.41) is 5.95. The molecule has 0 fully saturated rings. The van der Waals surface area contributed by atoms with Crippen molar-refractivity contribution in [3.05, 3.63) is 59.7 Å². The van der Waals surface area contributed by atoms with Crippen molar-refractivity contribution in [2.45, 2.75) is 26.2 Å². The van der Waals surface area contributed by atoms with E-state index in [4.69, 9.17) is 0 Å². The van der Waals surface area contributed by atoms with E-state index in [0.29, 0.717) is 5.56 Å². The predicted molar refractivity (Wildman–Crippen MR) is 89.1 cm³/mol. The van der Waals surface area contributed by atoms with Crippen molar-refractivity contribution in [3.8, 4) is 0 Å². The zero-order valence-electron chi connectivity index (χ0n) is 13.0. The summed E-state index contributed by atoms with van der Waals surface area (Å²) in [6.45, 7) is 6.51. The minimum atomic E-state index is -0.101. The molecule has 0 saturated carbocycles. The molecule has 0 aromatic heterocycles. The molecule has 0 spiro atoms. The van der Waals surface area contributed by atoms with Crippen molar-refractivity contribution in [3.63, 3.8) is 0 Å². The first-order valence-electron chi connectivity index (χ1n) is 7.10. The largest absolute Gasteiger partial charge is 0.388 e. The van der Waals surface area contributed by atoms with Gasteiger partial charge in [-0.25, -0.2) is 0 Å². The highest BCUT2D eigenvalue weighted by molar-refractivity contribution is 6.04. The summed E-state index contributed by atoms with van der Waals surface area (Å²) in [6, 6.07) is 15.4. The third-order valence-corrected chi connectivity index (χ3v) is 3.42. The van der Waals surface area contributed by atoms with E-state index in [1.165, 1.54) is 5.56 Å². The molecule has 0 atom stereocenters. The molecule has 2 aromatic carbocycles. The number of carbonyl (C=O) groups excluding carboxylic acids is 1. The molecule has 0 aliphatic rings. The molecule has 3 heteroatoms. The van der Waals surface area contributed by atoms with Gasteiger partial charge in [-0.3, -0.25) is 4.79 Å². The highest BCUT2D eigenvalue weighted by Crippen LogP contribution is 2.23.